The number of rotatable bonds is 4. The number of aliphatic hydroxyl groups excluding tert-OH is 1. The van der Waals surface area contributed by atoms with Crippen molar-refractivity contribution in [3.8, 4) is 0 Å². The second-order valence-electron chi connectivity index (χ2n) is 7.38. The van der Waals surface area contributed by atoms with Crippen molar-refractivity contribution in [2.24, 2.45) is 0 Å². The minimum atomic E-state index is -0.804. The number of hydrogen-bond donors (Lipinski definition) is 3. The number of hydrogen-bond acceptors (Lipinski definition) is 5. The molecule has 6 nitrogen and oxygen atoms in total. The topological polar surface area (TPSA) is 73.8 Å². The number of benzene rings is 2. The highest BCUT2D eigenvalue weighted by Crippen LogP contribution is 2.32. The number of nitrogens with one attached hydrogen (secondary N) is 2. The van der Waals surface area contributed by atoms with Crippen LogP contribution < -0.4 is 15.5 Å². The van der Waals surface area contributed by atoms with Crippen LogP contribution in [-0.4, -0.2) is 56.5 Å². The summed E-state index contributed by atoms with van der Waals surface area (Å²) < 4.78 is 5.45. The van der Waals surface area contributed by atoms with Crippen LogP contribution in [0.4, 0.5) is 5.69 Å². The van der Waals surface area contributed by atoms with Crippen LogP contribution in [0.2, 0.25) is 0 Å². The van der Waals surface area contributed by atoms with E-state index in [1.807, 2.05) is 54.6 Å². The molecular weight excluding hydrogens is 354 g/mol. The molecule has 0 bridgehead atoms. The summed E-state index contributed by atoms with van der Waals surface area (Å²) in [5.41, 5.74) is 1.67. The van der Waals surface area contributed by atoms with Crippen LogP contribution in [0.15, 0.2) is 54.6 Å². The molecule has 0 unspecified atom stereocenters. The Morgan fingerprint density at radius 3 is 2.57 bits per heavy atom. The van der Waals surface area contributed by atoms with Crippen molar-refractivity contribution >= 4 is 11.6 Å². The summed E-state index contributed by atoms with van der Waals surface area (Å²) in [6.45, 7) is 4.03. The Balaban J connectivity index is 1.66. The Morgan fingerprint density at radius 1 is 1.11 bits per heavy atom. The van der Waals surface area contributed by atoms with Gasteiger partial charge in [-0.3, -0.25) is 4.79 Å². The summed E-state index contributed by atoms with van der Waals surface area (Å²) in [4.78, 5) is 15.6. The molecular formula is C22H27N3O3. The molecule has 3 N–H and O–H groups in total. The molecule has 2 aliphatic rings. The SMILES string of the molecule is O=C(N[C@]1(c2ccccc2)CCNC[C@H]1O)c1ccccc1N1CCOCC1. The smallest absolute Gasteiger partial charge is 0.254 e. The predicted octanol–water partition coefficient (Wildman–Crippen LogP) is 1.50. The van der Waals surface area contributed by atoms with Crippen LogP contribution >= 0.6 is 0 Å². The van der Waals surface area contributed by atoms with Gasteiger partial charge >= 0.3 is 0 Å². The zero-order valence-electron chi connectivity index (χ0n) is 15.9. The fourth-order valence-corrected chi connectivity index (χ4v) is 4.17. The Labute approximate surface area is 165 Å². The van der Waals surface area contributed by atoms with Crippen LogP contribution in [0.1, 0.15) is 22.3 Å². The molecule has 28 heavy (non-hydrogen) atoms. The van der Waals surface area contributed by atoms with Crippen LogP contribution in [0, 0.1) is 0 Å². The van der Waals surface area contributed by atoms with Gasteiger partial charge in [-0.15, -0.1) is 0 Å². The number of carbonyl (C=O) groups is 1. The molecule has 0 radical (unpaired) electrons. The minimum Gasteiger partial charge on any atom is -0.389 e. The van der Waals surface area contributed by atoms with Gasteiger partial charge in [-0.2, -0.15) is 0 Å². The van der Waals surface area contributed by atoms with Gasteiger partial charge < -0.3 is 25.4 Å². The van der Waals surface area contributed by atoms with Gasteiger partial charge in [0, 0.05) is 25.3 Å². The first-order valence-electron chi connectivity index (χ1n) is 9.89. The molecule has 1 amide bonds. The van der Waals surface area contributed by atoms with Gasteiger partial charge in [0.15, 0.2) is 0 Å². The predicted molar refractivity (Wildman–Crippen MR) is 109 cm³/mol. The number of carbonyl (C=O) groups excluding carboxylic acids is 1. The van der Waals surface area contributed by atoms with E-state index in [9.17, 15) is 9.90 Å². The van der Waals surface area contributed by atoms with Crippen LogP contribution in [0.3, 0.4) is 0 Å². The second-order valence-corrected chi connectivity index (χ2v) is 7.38. The molecule has 0 saturated carbocycles. The number of nitrogens with zero attached hydrogens (tertiary/aromatic N) is 1. The fourth-order valence-electron chi connectivity index (χ4n) is 4.17. The largest absolute Gasteiger partial charge is 0.389 e. The number of para-hydroxylation sites is 1. The van der Waals surface area contributed by atoms with Crippen molar-refractivity contribution in [2.45, 2.75) is 18.1 Å². The molecule has 0 aliphatic carbocycles. The maximum Gasteiger partial charge on any atom is 0.254 e. The minimum absolute atomic E-state index is 0.160. The average Bonchev–Trinajstić information content (AvgIpc) is 2.76. The summed E-state index contributed by atoms with van der Waals surface area (Å²) in [6.07, 6.45) is -0.0768. The first-order chi connectivity index (χ1) is 13.7. The Morgan fingerprint density at radius 2 is 1.82 bits per heavy atom. The highest BCUT2D eigenvalue weighted by atomic mass is 16.5. The van der Waals surface area contributed by atoms with E-state index in [2.05, 4.69) is 15.5 Å². The van der Waals surface area contributed by atoms with Gasteiger partial charge in [-0.1, -0.05) is 42.5 Å². The number of morpholine rings is 1. The number of aliphatic hydroxyl groups is 1. The van der Waals surface area contributed by atoms with E-state index < -0.39 is 11.6 Å². The van der Waals surface area contributed by atoms with Crippen LogP contribution in [0.5, 0.6) is 0 Å². The third-order valence-electron chi connectivity index (χ3n) is 5.73. The van der Waals surface area contributed by atoms with Crippen LogP contribution in [-0.2, 0) is 10.3 Å². The van der Waals surface area contributed by atoms with E-state index in [0.717, 1.165) is 30.9 Å². The zero-order chi connectivity index (χ0) is 19.4. The van der Waals surface area contributed by atoms with E-state index in [0.29, 0.717) is 31.7 Å². The number of anilines is 1. The van der Waals surface area contributed by atoms with E-state index in [4.69, 9.17) is 4.74 Å². The molecule has 6 heteroatoms. The molecule has 2 atom stereocenters. The van der Waals surface area contributed by atoms with Gasteiger partial charge in [0.1, 0.15) is 0 Å². The van der Waals surface area contributed by atoms with E-state index in [1.165, 1.54) is 0 Å². The second kappa shape index (κ2) is 8.31. The van der Waals surface area contributed by atoms with Crippen molar-refractivity contribution in [1.82, 2.24) is 10.6 Å². The lowest BCUT2D eigenvalue weighted by atomic mass is 9.79. The molecule has 4 rings (SSSR count). The summed E-state index contributed by atoms with van der Waals surface area (Å²) >= 11 is 0. The molecule has 148 valence electrons. The lowest BCUT2D eigenvalue weighted by Crippen LogP contribution is -2.61. The Hall–Kier alpha value is -2.41. The molecule has 2 aliphatic heterocycles. The first-order valence-corrected chi connectivity index (χ1v) is 9.89. The van der Waals surface area contributed by atoms with Crippen LogP contribution in [0.25, 0.3) is 0 Å². The van der Waals surface area contributed by atoms with E-state index in [1.54, 1.807) is 0 Å². The quantitative estimate of drug-likeness (QED) is 0.749. The number of amides is 1. The maximum atomic E-state index is 13.4. The molecule has 2 heterocycles. The molecule has 0 aromatic heterocycles. The lowest BCUT2D eigenvalue weighted by Gasteiger charge is -2.43. The van der Waals surface area contributed by atoms with Crippen molar-refractivity contribution in [3.63, 3.8) is 0 Å². The molecule has 2 aromatic carbocycles. The number of β-amino-alcohol motifs (C(OH)–C–C–N with tert-alkyl or cyclic N) is 1. The molecule has 2 saturated heterocycles. The normalized spacial score (nSPS) is 25.3. The van der Waals surface area contributed by atoms with Gasteiger partial charge in [0.25, 0.3) is 5.91 Å². The van der Waals surface area contributed by atoms with Crippen molar-refractivity contribution < 1.29 is 14.6 Å². The van der Waals surface area contributed by atoms with Crippen molar-refractivity contribution in [1.29, 1.82) is 0 Å². The Kier molecular flexibility index (Phi) is 5.62. The lowest BCUT2D eigenvalue weighted by molar-refractivity contribution is 0.0290. The first kappa shape index (κ1) is 18.9. The third kappa shape index (κ3) is 3.63. The maximum absolute atomic E-state index is 13.4. The zero-order valence-corrected chi connectivity index (χ0v) is 15.9. The molecule has 2 aromatic rings. The summed E-state index contributed by atoms with van der Waals surface area (Å²) in [7, 11) is 0. The van der Waals surface area contributed by atoms with Gasteiger partial charge in [0.05, 0.1) is 30.4 Å². The van der Waals surface area contributed by atoms with Gasteiger partial charge in [-0.05, 0) is 30.7 Å². The monoisotopic (exact) mass is 381 g/mol. The summed E-state index contributed by atoms with van der Waals surface area (Å²) in [6, 6.07) is 17.5. The highest BCUT2D eigenvalue weighted by molar-refractivity contribution is 6.00. The van der Waals surface area contributed by atoms with Gasteiger partial charge in [-0.25, -0.2) is 0 Å². The van der Waals surface area contributed by atoms with Crippen molar-refractivity contribution in [3.05, 3.63) is 65.7 Å². The summed E-state index contributed by atoms with van der Waals surface area (Å²) in [5, 5.41) is 17.3. The van der Waals surface area contributed by atoms with Gasteiger partial charge in [0.2, 0.25) is 0 Å². The molecule has 0 spiro atoms. The fraction of sp³-hybridized carbons (Fsp3) is 0.409. The van der Waals surface area contributed by atoms with Crippen molar-refractivity contribution in [2.75, 3.05) is 44.3 Å². The Bertz CT molecular complexity index is 808. The van der Waals surface area contributed by atoms with E-state index in [-0.39, 0.29) is 5.91 Å². The highest BCUT2D eigenvalue weighted by Gasteiger charge is 2.43. The van der Waals surface area contributed by atoms with E-state index >= 15 is 0 Å². The number of ether oxygens (including phenoxy) is 1. The standard InChI is InChI=1S/C22H27N3O3/c26-20-16-23-11-10-22(20,17-6-2-1-3-7-17)24-21(27)18-8-4-5-9-19(18)25-12-14-28-15-13-25/h1-9,20,23,26H,10-16H2,(H,24,27)/t20-,22+/m1/s1. The number of piperidine rings is 1. The third-order valence-corrected chi connectivity index (χ3v) is 5.73. The average molecular weight is 381 g/mol. The summed E-state index contributed by atoms with van der Waals surface area (Å²) in [5.74, 6) is -0.160. The molecule has 2 fully saturated rings.